The van der Waals surface area contributed by atoms with Crippen molar-refractivity contribution in [3.05, 3.63) is 78.4 Å². The molecule has 2 aromatic rings. The molecule has 0 heterocycles. The summed E-state index contributed by atoms with van der Waals surface area (Å²) in [5.74, 6) is 4.26. The average Bonchev–Trinajstić information content (AvgIpc) is 2.58. The Hall–Kier alpha value is -2.84. The summed E-state index contributed by atoms with van der Waals surface area (Å²) in [6.45, 7) is 5.23. The van der Waals surface area contributed by atoms with E-state index in [9.17, 15) is 13.2 Å². The van der Waals surface area contributed by atoms with Gasteiger partial charge >= 0.3 is 5.91 Å². The zero-order chi connectivity index (χ0) is 17.6. The second kappa shape index (κ2) is 7.62. The average molecular weight is 339 g/mol. The zero-order valence-electron chi connectivity index (χ0n) is 13.3. The van der Waals surface area contributed by atoms with Gasteiger partial charge in [0.25, 0.3) is 10.0 Å². The molecule has 0 unspecified atom stereocenters. The third-order valence-corrected chi connectivity index (χ3v) is 4.98. The number of nitrogens with zero attached hydrogens (tertiary/aromatic N) is 1. The molecule has 0 bridgehead atoms. The lowest BCUT2D eigenvalue weighted by Gasteiger charge is -2.18. The number of carbonyl (C=O) groups excluding carboxylic acids is 1. The molecule has 0 spiro atoms. The number of hydrogen-bond acceptors (Lipinski definition) is 3. The SMILES string of the molecule is C=CCN(C(=O)C#Cc1ccccc1)S(=O)(=O)c1ccc(C)cc1. The molecule has 0 saturated heterocycles. The third kappa shape index (κ3) is 4.12. The molecular formula is C19H17NO3S. The molecule has 0 N–H and O–H groups in total. The Morgan fingerprint density at radius 3 is 2.33 bits per heavy atom. The summed E-state index contributed by atoms with van der Waals surface area (Å²) in [6.07, 6.45) is 1.35. The molecule has 0 atom stereocenters. The largest absolute Gasteiger partial charge is 0.312 e. The Balaban J connectivity index is 2.34. The van der Waals surface area contributed by atoms with Crippen LogP contribution in [0.2, 0.25) is 0 Å². The third-order valence-electron chi connectivity index (χ3n) is 3.22. The highest BCUT2D eigenvalue weighted by Crippen LogP contribution is 2.16. The highest BCUT2D eigenvalue weighted by Gasteiger charge is 2.27. The first-order chi connectivity index (χ1) is 11.4. The van der Waals surface area contributed by atoms with Gasteiger partial charge in [0.15, 0.2) is 0 Å². The first-order valence-corrected chi connectivity index (χ1v) is 8.70. The molecule has 0 aliphatic rings. The van der Waals surface area contributed by atoms with Crippen LogP contribution in [0.4, 0.5) is 0 Å². The lowest BCUT2D eigenvalue weighted by atomic mass is 10.2. The van der Waals surface area contributed by atoms with Crippen LogP contribution in [0.25, 0.3) is 0 Å². The number of carbonyl (C=O) groups is 1. The highest BCUT2D eigenvalue weighted by molar-refractivity contribution is 7.89. The van der Waals surface area contributed by atoms with E-state index in [1.165, 1.54) is 18.2 Å². The fourth-order valence-corrected chi connectivity index (χ4v) is 3.25. The number of hydrogen-bond donors (Lipinski definition) is 0. The van der Waals surface area contributed by atoms with Gasteiger partial charge in [-0.3, -0.25) is 4.79 Å². The molecule has 0 aliphatic carbocycles. The standard InChI is InChI=1S/C19H17NO3S/c1-3-15-20(19(21)14-11-17-7-5-4-6-8-17)24(22,23)18-12-9-16(2)10-13-18/h3-10,12-13H,1,15H2,2H3. The maximum Gasteiger partial charge on any atom is 0.312 e. The topological polar surface area (TPSA) is 54.5 Å². The van der Waals surface area contributed by atoms with E-state index >= 15 is 0 Å². The minimum Gasteiger partial charge on any atom is -0.258 e. The van der Waals surface area contributed by atoms with Crippen LogP contribution < -0.4 is 0 Å². The van der Waals surface area contributed by atoms with Crippen molar-refractivity contribution in [1.29, 1.82) is 0 Å². The van der Waals surface area contributed by atoms with Crippen LogP contribution in [0.15, 0.2) is 72.1 Å². The van der Waals surface area contributed by atoms with Gasteiger partial charge in [-0.15, -0.1) is 6.58 Å². The Kier molecular flexibility index (Phi) is 5.56. The second-order valence-electron chi connectivity index (χ2n) is 5.06. The fourth-order valence-electron chi connectivity index (χ4n) is 1.95. The molecule has 5 heteroatoms. The van der Waals surface area contributed by atoms with Gasteiger partial charge < -0.3 is 0 Å². The monoisotopic (exact) mass is 339 g/mol. The van der Waals surface area contributed by atoms with Crippen molar-refractivity contribution in [2.24, 2.45) is 0 Å². The van der Waals surface area contributed by atoms with Crippen LogP contribution in [0.3, 0.4) is 0 Å². The van der Waals surface area contributed by atoms with Crippen molar-refractivity contribution < 1.29 is 13.2 Å². The van der Waals surface area contributed by atoms with Crippen LogP contribution in [0.5, 0.6) is 0 Å². The van der Waals surface area contributed by atoms with Gasteiger partial charge in [0, 0.05) is 11.5 Å². The number of aryl methyl sites for hydroxylation is 1. The van der Waals surface area contributed by atoms with Gasteiger partial charge in [0.05, 0.1) is 11.4 Å². The summed E-state index contributed by atoms with van der Waals surface area (Å²) in [7, 11) is -3.97. The van der Waals surface area contributed by atoms with E-state index in [-0.39, 0.29) is 11.4 Å². The second-order valence-corrected chi connectivity index (χ2v) is 6.92. The van der Waals surface area contributed by atoms with E-state index in [4.69, 9.17) is 0 Å². The van der Waals surface area contributed by atoms with E-state index in [0.717, 1.165) is 9.87 Å². The molecule has 2 rings (SSSR count). The molecule has 24 heavy (non-hydrogen) atoms. The number of sulfonamides is 1. The van der Waals surface area contributed by atoms with E-state index in [1.807, 2.05) is 13.0 Å². The molecule has 0 radical (unpaired) electrons. The Bertz CT molecular complexity index is 889. The molecule has 0 saturated carbocycles. The lowest BCUT2D eigenvalue weighted by molar-refractivity contribution is -0.120. The summed E-state index contributed by atoms with van der Waals surface area (Å²) < 4.78 is 26.1. The Labute approximate surface area is 142 Å². The van der Waals surface area contributed by atoms with E-state index in [2.05, 4.69) is 18.4 Å². The number of rotatable bonds is 4. The highest BCUT2D eigenvalue weighted by atomic mass is 32.2. The first kappa shape index (κ1) is 17.5. The normalized spacial score (nSPS) is 10.4. The minimum absolute atomic E-state index is 0.0461. The predicted octanol–water partition coefficient (Wildman–Crippen LogP) is 2.75. The smallest absolute Gasteiger partial charge is 0.258 e. The van der Waals surface area contributed by atoms with Crippen LogP contribution in [0.1, 0.15) is 11.1 Å². The quantitative estimate of drug-likeness (QED) is 0.636. The lowest BCUT2D eigenvalue weighted by Crippen LogP contribution is -2.36. The van der Waals surface area contributed by atoms with E-state index < -0.39 is 15.9 Å². The molecule has 0 fully saturated rings. The molecule has 122 valence electrons. The Morgan fingerprint density at radius 1 is 1.12 bits per heavy atom. The van der Waals surface area contributed by atoms with Gasteiger partial charge in [-0.1, -0.05) is 47.9 Å². The van der Waals surface area contributed by atoms with Crippen LogP contribution in [0, 0.1) is 18.8 Å². The van der Waals surface area contributed by atoms with Crippen molar-refractivity contribution in [3.63, 3.8) is 0 Å². The van der Waals surface area contributed by atoms with Gasteiger partial charge in [-0.25, -0.2) is 12.7 Å². The molecule has 2 aromatic carbocycles. The first-order valence-electron chi connectivity index (χ1n) is 7.26. The summed E-state index contributed by atoms with van der Waals surface area (Å²) in [5.41, 5.74) is 1.57. The number of benzene rings is 2. The summed E-state index contributed by atoms with van der Waals surface area (Å²) in [6, 6.07) is 15.2. The summed E-state index contributed by atoms with van der Waals surface area (Å²) in [5, 5.41) is 0. The van der Waals surface area contributed by atoms with Crippen molar-refractivity contribution in [1.82, 2.24) is 4.31 Å². The molecule has 4 nitrogen and oxygen atoms in total. The molecule has 0 aromatic heterocycles. The van der Waals surface area contributed by atoms with Crippen LogP contribution in [-0.4, -0.2) is 25.2 Å². The maximum atomic E-state index is 12.7. The van der Waals surface area contributed by atoms with Crippen molar-refractivity contribution in [3.8, 4) is 11.8 Å². The zero-order valence-corrected chi connectivity index (χ0v) is 14.1. The van der Waals surface area contributed by atoms with Crippen LogP contribution in [-0.2, 0) is 14.8 Å². The van der Waals surface area contributed by atoms with E-state index in [1.54, 1.807) is 36.4 Å². The summed E-state index contributed by atoms with van der Waals surface area (Å²) in [4.78, 5) is 12.4. The molecule has 0 aliphatic heterocycles. The number of amides is 1. The molecule has 1 amide bonds. The minimum atomic E-state index is -3.97. The fraction of sp³-hybridized carbons (Fsp3) is 0.105. The maximum absolute atomic E-state index is 12.7. The van der Waals surface area contributed by atoms with Crippen LogP contribution >= 0.6 is 0 Å². The predicted molar refractivity (Wildman–Crippen MR) is 93.6 cm³/mol. The van der Waals surface area contributed by atoms with Crippen molar-refractivity contribution >= 4 is 15.9 Å². The van der Waals surface area contributed by atoms with Gasteiger partial charge in [0.1, 0.15) is 0 Å². The van der Waals surface area contributed by atoms with Gasteiger partial charge in [-0.2, -0.15) is 0 Å². The summed E-state index contributed by atoms with van der Waals surface area (Å²) >= 11 is 0. The Morgan fingerprint density at radius 2 is 1.75 bits per heavy atom. The van der Waals surface area contributed by atoms with Gasteiger partial charge in [0.2, 0.25) is 0 Å². The van der Waals surface area contributed by atoms with E-state index in [0.29, 0.717) is 5.56 Å². The van der Waals surface area contributed by atoms with Crippen molar-refractivity contribution in [2.75, 3.05) is 6.54 Å². The molecular weight excluding hydrogens is 322 g/mol. The van der Waals surface area contributed by atoms with Crippen molar-refractivity contribution in [2.45, 2.75) is 11.8 Å². The van der Waals surface area contributed by atoms with Gasteiger partial charge in [-0.05, 0) is 31.2 Å².